The zero-order chi connectivity index (χ0) is 16.1. The number of rotatable bonds is 19. The third-order valence-electron chi connectivity index (χ3n) is 3.29. The Hall–Kier alpha value is -0.460. The van der Waals surface area contributed by atoms with E-state index in [-0.39, 0.29) is 0 Å². The van der Waals surface area contributed by atoms with E-state index in [0.29, 0.717) is 39.6 Å². The van der Waals surface area contributed by atoms with Gasteiger partial charge >= 0.3 is 0 Å². The van der Waals surface area contributed by atoms with Gasteiger partial charge in [0.05, 0.1) is 39.6 Å². The largest absolute Gasteiger partial charge is 0.379 e. The molecule has 5 nitrogen and oxygen atoms in total. The van der Waals surface area contributed by atoms with Crippen LogP contribution in [0.5, 0.6) is 0 Å². The quantitative estimate of drug-likeness (QED) is 0.225. The molecule has 0 aliphatic heterocycles. The average Bonchev–Trinajstić information content (AvgIpc) is 2.54. The molecule has 0 unspecified atom stereocenters. The lowest BCUT2D eigenvalue weighted by Crippen LogP contribution is -2.13. The summed E-state index contributed by atoms with van der Waals surface area (Å²) in [6, 6.07) is 0. The Morgan fingerprint density at radius 1 is 0.591 bits per heavy atom. The first-order valence-electron chi connectivity index (χ1n) is 8.57. The van der Waals surface area contributed by atoms with E-state index in [1.54, 1.807) is 0 Å². The maximum atomic E-state index is 5.52. The second-order valence-corrected chi connectivity index (χ2v) is 5.26. The number of hydrogen-bond donors (Lipinski definition) is 1. The zero-order valence-electron chi connectivity index (χ0n) is 14.1. The topological polar surface area (TPSA) is 62.9 Å². The summed E-state index contributed by atoms with van der Waals surface area (Å²) in [4.78, 5) is 4.38. The van der Waals surface area contributed by atoms with Gasteiger partial charge in [0, 0.05) is 6.61 Å². The summed E-state index contributed by atoms with van der Waals surface area (Å²) in [5, 5.41) is 0. The summed E-state index contributed by atoms with van der Waals surface area (Å²) < 4.78 is 16.1. The van der Waals surface area contributed by atoms with Crippen molar-refractivity contribution in [2.45, 2.75) is 51.4 Å². The number of allylic oxidation sites excluding steroid dienone is 1. The molecule has 0 spiro atoms. The van der Waals surface area contributed by atoms with Crippen LogP contribution in [0.2, 0.25) is 0 Å². The fraction of sp³-hybridized carbons (Fsp3) is 0.882. The first-order valence-corrected chi connectivity index (χ1v) is 8.57. The minimum absolute atomic E-state index is 0.415. The van der Waals surface area contributed by atoms with E-state index in [9.17, 15) is 0 Å². The van der Waals surface area contributed by atoms with Crippen molar-refractivity contribution in [1.82, 2.24) is 0 Å². The Labute approximate surface area is 136 Å². The molecule has 0 aliphatic carbocycles. The first-order chi connectivity index (χ1) is 10.9. The van der Waals surface area contributed by atoms with E-state index in [1.807, 2.05) is 6.08 Å². The monoisotopic (exact) mass is 317 g/mol. The SMILES string of the molecule is C=CCCCCCCCCCOCCOCCOCCON. The molecule has 0 aromatic heterocycles. The summed E-state index contributed by atoms with van der Waals surface area (Å²) in [7, 11) is 0. The minimum Gasteiger partial charge on any atom is -0.379 e. The molecule has 0 aromatic rings. The second-order valence-electron chi connectivity index (χ2n) is 5.26. The number of ether oxygens (including phenoxy) is 3. The molecule has 132 valence electrons. The fourth-order valence-corrected chi connectivity index (χ4v) is 2.03. The smallest absolute Gasteiger partial charge is 0.0913 e. The van der Waals surface area contributed by atoms with Crippen molar-refractivity contribution in [2.24, 2.45) is 5.90 Å². The van der Waals surface area contributed by atoms with E-state index in [1.165, 1.54) is 38.5 Å². The van der Waals surface area contributed by atoms with Crippen molar-refractivity contribution >= 4 is 0 Å². The third kappa shape index (κ3) is 19.5. The van der Waals surface area contributed by atoms with Gasteiger partial charge in [-0.1, -0.05) is 38.2 Å². The minimum atomic E-state index is 0.415. The van der Waals surface area contributed by atoms with Crippen molar-refractivity contribution in [3.05, 3.63) is 12.7 Å². The Morgan fingerprint density at radius 3 is 1.59 bits per heavy atom. The van der Waals surface area contributed by atoms with Crippen LogP contribution in [0.1, 0.15) is 51.4 Å². The van der Waals surface area contributed by atoms with Gasteiger partial charge in [0.25, 0.3) is 0 Å². The molecule has 0 radical (unpaired) electrons. The highest BCUT2D eigenvalue weighted by molar-refractivity contribution is 4.65. The van der Waals surface area contributed by atoms with E-state index in [0.717, 1.165) is 19.4 Å². The predicted molar refractivity (Wildman–Crippen MR) is 89.7 cm³/mol. The summed E-state index contributed by atoms with van der Waals surface area (Å²) in [6.45, 7) is 7.93. The molecular weight excluding hydrogens is 282 g/mol. The van der Waals surface area contributed by atoms with E-state index >= 15 is 0 Å². The van der Waals surface area contributed by atoms with Gasteiger partial charge in [-0.3, -0.25) is 0 Å². The molecule has 0 heterocycles. The van der Waals surface area contributed by atoms with Gasteiger partial charge in [-0.25, -0.2) is 5.90 Å². The van der Waals surface area contributed by atoms with Gasteiger partial charge < -0.3 is 19.0 Å². The van der Waals surface area contributed by atoms with Crippen LogP contribution < -0.4 is 5.90 Å². The van der Waals surface area contributed by atoms with Crippen LogP contribution in [-0.4, -0.2) is 46.2 Å². The summed E-state index contributed by atoms with van der Waals surface area (Å²) in [5.41, 5.74) is 0. The molecule has 5 heteroatoms. The van der Waals surface area contributed by atoms with Crippen LogP contribution in [0.3, 0.4) is 0 Å². The van der Waals surface area contributed by atoms with Gasteiger partial charge in [-0.2, -0.15) is 0 Å². The molecule has 0 amide bonds. The zero-order valence-corrected chi connectivity index (χ0v) is 14.1. The van der Waals surface area contributed by atoms with Crippen LogP contribution in [0, 0.1) is 0 Å². The van der Waals surface area contributed by atoms with E-state index < -0.39 is 0 Å². The van der Waals surface area contributed by atoms with Crippen molar-refractivity contribution < 1.29 is 19.0 Å². The molecule has 0 rings (SSSR count). The van der Waals surface area contributed by atoms with Crippen LogP contribution in [0.15, 0.2) is 12.7 Å². The molecule has 0 atom stereocenters. The third-order valence-corrected chi connectivity index (χ3v) is 3.29. The maximum absolute atomic E-state index is 5.52. The summed E-state index contributed by atoms with van der Waals surface area (Å²) in [5.74, 6) is 4.87. The lowest BCUT2D eigenvalue weighted by atomic mass is 10.1. The summed E-state index contributed by atoms with van der Waals surface area (Å²) in [6.07, 6.45) is 12.2. The number of hydrogen-bond acceptors (Lipinski definition) is 5. The molecule has 22 heavy (non-hydrogen) atoms. The van der Waals surface area contributed by atoms with E-state index in [4.69, 9.17) is 20.1 Å². The van der Waals surface area contributed by atoms with Gasteiger partial charge in [0.15, 0.2) is 0 Å². The average molecular weight is 317 g/mol. The van der Waals surface area contributed by atoms with Gasteiger partial charge in [0.2, 0.25) is 0 Å². The fourth-order valence-electron chi connectivity index (χ4n) is 2.03. The normalized spacial score (nSPS) is 11.0. The van der Waals surface area contributed by atoms with Crippen LogP contribution in [0.25, 0.3) is 0 Å². The Morgan fingerprint density at radius 2 is 1.05 bits per heavy atom. The second kappa shape index (κ2) is 20.5. The van der Waals surface area contributed by atoms with Gasteiger partial charge in [0.1, 0.15) is 0 Å². The van der Waals surface area contributed by atoms with E-state index in [2.05, 4.69) is 11.4 Å². The van der Waals surface area contributed by atoms with Gasteiger partial charge in [-0.05, 0) is 19.3 Å². The molecular formula is C17H35NO4. The molecule has 0 aromatic carbocycles. The standard InChI is InChI=1S/C17H35NO4/c1-2-3-4-5-6-7-8-9-10-11-19-12-13-20-14-15-21-16-17-22-18/h2H,1,3-18H2. The van der Waals surface area contributed by atoms with Crippen molar-refractivity contribution in [3.8, 4) is 0 Å². The summed E-state index contributed by atoms with van der Waals surface area (Å²) >= 11 is 0. The lowest BCUT2D eigenvalue weighted by Gasteiger charge is -2.06. The van der Waals surface area contributed by atoms with Crippen molar-refractivity contribution in [2.75, 3.05) is 46.2 Å². The maximum Gasteiger partial charge on any atom is 0.0913 e. The Balaban J connectivity index is 2.92. The van der Waals surface area contributed by atoms with Crippen molar-refractivity contribution in [1.29, 1.82) is 0 Å². The first kappa shape index (κ1) is 21.5. The van der Waals surface area contributed by atoms with Gasteiger partial charge in [-0.15, -0.1) is 6.58 Å². The highest BCUT2D eigenvalue weighted by Crippen LogP contribution is 2.08. The molecule has 0 saturated carbocycles. The highest BCUT2D eigenvalue weighted by Gasteiger charge is 1.94. The van der Waals surface area contributed by atoms with Crippen LogP contribution in [0.4, 0.5) is 0 Å². The molecule has 0 bridgehead atoms. The molecule has 0 saturated heterocycles. The van der Waals surface area contributed by atoms with Crippen LogP contribution >= 0.6 is 0 Å². The highest BCUT2D eigenvalue weighted by atomic mass is 16.6. The number of unbranched alkanes of at least 4 members (excludes halogenated alkanes) is 7. The molecule has 0 aliphatic rings. The lowest BCUT2D eigenvalue weighted by molar-refractivity contribution is -0.00237. The Kier molecular flexibility index (Phi) is 20.1. The molecule has 0 fully saturated rings. The number of nitrogens with two attached hydrogens (primary N) is 1. The Bertz CT molecular complexity index is 215. The predicted octanol–water partition coefficient (Wildman–Crippen LogP) is 3.23. The van der Waals surface area contributed by atoms with Crippen LogP contribution in [-0.2, 0) is 19.0 Å². The van der Waals surface area contributed by atoms with Crippen molar-refractivity contribution in [3.63, 3.8) is 0 Å². The molecule has 2 N–H and O–H groups in total.